The summed E-state index contributed by atoms with van der Waals surface area (Å²) in [5.41, 5.74) is -0.446. The molecular weight excluding hydrogens is 302 g/mol. The van der Waals surface area contributed by atoms with Crippen LogP contribution >= 0.6 is 11.3 Å². The Morgan fingerprint density at radius 3 is 2.77 bits per heavy atom. The van der Waals surface area contributed by atoms with Crippen LogP contribution in [0.1, 0.15) is 44.4 Å². The Kier molecular flexibility index (Phi) is 5.63. The first-order valence-electron chi connectivity index (χ1n) is 7.67. The van der Waals surface area contributed by atoms with Gasteiger partial charge in [-0.3, -0.25) is 0 Å². The van der Waals surface area contributed by atoms with Crippen LogP contribution in [0.15, 0.2) is 6.20 Å². The van der Waals surface area contributed by atoms with Crippen molar-refractivity contribution in [1.29, 1.82) is 0 Å². The van der Waals surface area contributed by atoms with Gasteiger partial charge in [-0.1, -0.05) is 0 Å². The normalized spacial score (nSPS) is 16.6. The van der Waals surface area contributed by atoms with Crippen LogP contribution in [0.4, 0.5) is 9.93 Å². The van der Waals surface area contributed by atoms with E-state index in [9.17, 15) is 4.79 Å². The van der Waals surface area contributed by atoms with Crippen molar-refractivity contribution in [2.75, 3.05) is 31.6 Å². The molecule has 1 aliphatic rings. The summed E-state index contributed by atoms with van der Waals surface area (Å²) in [5.74, 6) is 0.445. The van der Waals surface area contributed by atoms with Crippen LogP contribution in [0, 0.1) is 0 Å². The van der Waals surface area contributed by atoms with E-state index in [-0.39, 0.29) is 12.7 Å². The maximum Gasteiger partial charge on any atom is 0.410 e. The molecule has 1 aliphatic heterocycles. The van der Waals surface area contributed by atoms with Crippen LogP contribution in [0.25, 0.3) is 0 Å². The van der Waals surface area contributed by atoms with E-state index in [0.29, 0.717) is 12.5 Å². The molecule has 2 heterocycles. The number of hydrogen-bond donors (Lipinski definition) is 2. The second-order valence-corrected chi connectivity index (χ2v) is 7.52. The van der Waals surface area contributed by atoms with Crippen molar-refractivity contribution in [3.8, 4) is 0 Å². The number of nitrogens with zero attached hydrogens (tertiary/aromatic N) is 2. The third kappa shape index (κ3) is 4.84. The van der Waals surface area contributed by atoms with Crippen LogP contribution in [0.5, 0.6) is 0 Å². The van der Waals surface area contributed by atoms with Gasteiger partial charge >= 0.3 is 6.09 Å². The maximum atomic E-state index is 12.0. The fourth-order valence-corrected chi connectivity index (χ4v) is 3.40. The van der Waals surface area contributed by atoms with E-state index in [1.54, 1.807) is 16.2 Å². The minimum Gasteiger partial charge on any atom is -0.444 e. The monoisotopic (exact) mass is 327 g/mol. The molecule has 0 radical (unpaired) electrons. The third-order valence-electron chi connectivity index (χ3n) is 3.46. The standard InChI is InChI=1S/C15H25N3O3S/c1-15(2,3)21-14(20)18-7-4-11(5-8-18)12-10-17-13(22-12)16-6-9-19/h10-11,19H,4-9H2,1-3H3,(H,16,17). The maximum absolute atomic E-state index is 12.0. The van der Waals surface area contributed by atoms with Crippen molar-refractivity contribution in [3.05, 3.63) is 11.1 Å². The second kappa shape index (κ2) is 7.28. The number of hydrogen-bond acceptors (Lipinski definition) is 6. The van der Waals surface area contributed by atoms with Crippen molar-refractivity contribution in [2.24, 2.45) is 0 Å². The van der Waals surface area contributed by atoms with E-state index in [4.69, 9.17) is 9.84 Å². The number of thiazole rings is 1. The van der Waals surface area contributed by atoms with Gasteiger partial charge in [0.1, 0.15) is 5.60 Å². The Hall–Kier alpha value is -1.34. The minimum absolute atomic E-state index is 0.100. The number of likely N-dealkylation sites (tertiary alicyclic amines) is 1. The topological polar surface area (TPSA) is 74.7 Å². The molecular formula is C15H25N3O3S. The van der Waals surface area contributed by atoms with Gasteiger partial charge in [0, 0.05) is 30.7 Å². The molecule has 6 nitrogen and oxygen atoms in total. The van der Waals surface area contributed by atoms with Crippen molar-refractivity contribution >= 4 is 22.6 Å². The van der Waals surface area contributed by atoms with Crippen molar-refractivity contribution in [2.45, 2.75) is 45.1 Å². The number of aliphatic hydroxyl groups excluding tert-OH is 1. The van der Waals surface area contributed by atoms with Gasteiger partial charge in [0.2, 0.25) is 0 Å². The molecule has 0 unspecified atom stereocenters. The molecule has 2 rings (SSSR count). The molecule has 1 amide bonds. The number of nitrogens with one attached hydrogen (secondary N) is 1. The summed E-state index contributed by atoms with van der Waals surface area (Å²) in [7, 11) is 0. The molecule has 7 heteroatoms. The quantitative estimate of drug-likeness (QED) is 0.889. The molecule has 0 aliphatic carbocycles. The summed E-state index contributed by atoms with van der Waals surface area (Å²) < 4.78 is 5.41. The number of anilines is 1. The Bertz CT molecular complexity index is 490. The summed E-state index contributed by atoms with van der Waals surface area (Å²) in [6.45, 7) is 7.71. The highest BCUT2D eigenvalue weighted by atomic mass is 32.1. The van der Waals surface area contributed by atoms with E-state index in [2.05, 4.69) is 10.3 Å². The van der Waals surface area contributed by atoms with E-state index < -0.39 is 5.60 Å². The number of aromatic nitrogens is 1. The number of rotatable bonds is 4. The summed E-state index contributed by atoms with van der Waals surface area (Å²) in [6.07, 6.45) is 3.54. The number of carbonyl (C=O) groups is 1. The summed E-state index contributed by atoms with van der Waals surface area (Å²) in [6, 6.07) is 0. The number of aliphatic hydroxyl groups is 1. The smallest absolute Gasteiger partial charge is 0.410 e. The zero-order chi connectivity index (χ0) is 16.2. The van der Waals surface area contributed by atoms with E-state index in [1.807, 2.05) is 27.0 Å². The number of amides is 1. The highest BCUT2D eigenvalue weighted by Crippen LogP contribution is 2.33. The first-order chi connectivity index (χ1) is 10.4. The molecule has 1 fully saturated rings. The number of piperidine rings is 1. The van der Waals surface area contributed by atoms with Gasteiger partial charge in [0.05, 0.1) is 6.61 Å². The molecule has 22 heavy (non-hydrogen) atoms. The summed E-state index contributed by atoms with van der Waals surface area (Å²) >= 11 is 1.63. The second-order valence-electron chi connectivity index (χ2n) is 6.46. The van der Waals surface area contributed by atoms with E-state index >= 15 is 0 Å². The average molecular weight is 327 g/mol. The summed E-state index contributed by atoms with van der Waals surface area (Å²) in [5, 5.41) is 12.7. The lowest BCUT2D eigenvalue weighted by atomic mass is 9.96. The Morgan fingerprint density at radius 1 is 1.50 bits per heavy atom. The van der Waals surface area contributed by atoms with Gasteiger partial charge < -0.3 is 20.1 Å². The molecule has 0 spiro atoms. The Morgan fingerprint density at radius 2 is 2.18 bits per heavy atom. The first kappa shape index (κ1) is 17.0. The molecule has 0 saturated carbocycles. The lowest BCUT2D eigenvalue weighted by molar-refractivity contribution is 0.0205. The molecule has 0 bridgehead atoms. The highest BCUT2D eigenvalue weighted by Gasteiger charge is 2.28. The SMILES string of the molecule is CC(C)(C)OC(=O)N1CCC(c2cnc(NCCO)s2)CC1. The molecule has 1 saturated heterocycles. The molecule has 124 valence electrons. The predicted molar refractivity (Wildman–Crippen MR) is 87.5 cm³/mol. The van der Waals surface area contributed by atoms with Crippen LogP contribution in [-0.2, 0) is 4.74 Å². The predicted octanol–water partition coefficient (Wildman–Crippen LogP) is 2.66. The van der Waals surface area contributed by atoms with Crippen LogP contribution < -0.4 is 5.32 Å². The zero-order valence-electron chi connectivity index (χ0n) is 13.5. The number of carbonyl (C=O) groups excluding carboxylic acids is 1. The van der Waals surface area contributed by atoms with Crippen molar-refractivity contribution < 1.29 is 14.6 Å². The van der Waals surface area contributed by atoms with Gasteiger partial charge in [-0.05, 0) is 39.5 Å². The average Bonchev–Trinajstić information content (AvgIpc) is 2.92. The minimum atomic E-state index is -0.446. The lowest BCUT2D eigenvalue weighted by Gasteiger charge is -2.33. The van der Waals surface area contributed by atoms with Crippen LogP contribution in [0.3, 0.4) is 0 Å². The Balaban J connectivity index is 1.84. The van der Waals surface area contributed by atoms with Gasteiger partial charge in [-0.25, -0.2) is 9.78 Å². The van der Waals surface area contributed by atoms with E-state index in [1.165, 1.54) is 4.88 Å². The molecule has 0 atom stereocenters. The molecule has 2 N–H and O–H groups in total. The fourth-order valence-electron chi connectivity index (χ4n) is 2.39. The van der Waals surface area contributed by atoms with E-state index in [0.717, 1.165) is 31.1 Å². The van der Waals surface area contributed by atoms with Crippen LogP contribution in [0.2, 0.25) is 0 Å². The van der Waals surface area contributed by atoms with Gasteiger partial charge in [0.25, 0.3) is 0 Å². The Labute approximate surface area is 135 Å². The zero-order valence-corrected chi connectivity index (χ0v) is 14.3. The van der Waals surface area contributed by atoms with Crippen molar-refractivity contribution in [3.63, 3.8) is 0 Å². The molecule has 1 aromatic heterocycles. The fraction of sp³-hybridized carbons (Fsp3) is 0.733. The largest absolute Gasteiger partial charge is 0.444 e. The first-order valence-corrected chi connectivity index (χ1v) is 8.49. The van der Waals surface area contributed by atoms with Crippen LogP contribution in [-0.4, -0.2) is 52.9 Å². The van der Waals surface area contributed by atoms with Gasteiger partial charge in [-0.15, -0.1) is 11.3 Å². The molecule has 0 aromatic carbocycles. The summed E-state index contributed by atoms with van der Waals surface area (Å²) in [4.78, 5) is 19.4. The third-order valence-corrected chi connectivity index (χ3v) is 4.58. The lowest BCUT2D eigenvalue weighted by Crippen LogP contribution is -2.41. The molecule has 1 aromatic rings. The van der Waals surface area contributed by atoms with Crippen molar-refractivity contribution in [1.82, 2.24) is 9.88 Å². The number of ether oxygens (including phenoxy) is 1. The van der Waals surface area contributed by atoms with Gasteiger partial charge in [-0.2, -0.15) is 0 Å². The highest BCUT2D eigenvalue weighted by molar-refractivity contribution is 7.15. The van der Waals surface area contributed by atoms with Gasteiger partial charge in [0.15, 0.2) is 5.13 Å².